The predicted octanol–water partition coefficient (Wildman–Crippen LogP) is 2.85. The van der Waals surface area contributed by atoms with Crippen LogP contribution in [0.3, 0.4) is 0 Å². The Hall–Kier alpha value is -2.85. The van der Waals surface area contributed by atoms with Crippen LogP contribution in [0.2, 0.25) is 0 Å². The summed E-state index contributed by atoms with van der Waals surface area (Å²) in [4.78, 5) is 40.4. The molecule has 0 fully saturated rings. The van der Waals surface area contributed by atoms with Gasteiger partial charge >= 0.3 is 5.97 Å². The molecule has 0 atom stereocenters. The van der Waals surface area contributed by atoms with Gasteiger partial charge in [-0.2, -0.15) is 16.3 Å². The Morgan fingerprint density at radius 2 is 2.11 bits per heavy atom. The molecule has 28 heavy (non-hydrogen) atoms. The third kappa shape index (κ3) is 5.57. The number of carbonyl (C=O) groups is 3. The zero-order valence-electron chi connectivity index (χ0n) is 15.0. The van der Waals surface area contributed by atoms with E-state index in [1.165, 1.54) is 29.6 Å². The zero-order valence-corrected chi connectivity index (χ0v) is 16.6. The SMILES string of the molecule is CC(=O)NCc1ccc(C(=O)COC(=O)CCc2nc(-c3ccsc3)no2)s1. The van der Waals surface area contributed by atoms with Gasteiger partial charge < -0.3 is 14.6 Å². The van der Waals surface area contributed by atoms with E-state index >= 15 is 0 Å². The van der Waals surface area contributed by atoms with Gasteiger partial charge in [-0.15, -0.1) is 11.3 Å². The van der Waals surface area contributed by atoms with Crippen LogP contribution in [-0.2, 0) is 27.3 Å². The van der Waals surface area contributed by atoms with Gasteiger partial charge in [-0.25, -0.2) is 0 Å². The number of aromatic nitrogens is 2. The minimum Gasteiger partial charge on any atom is -0.457 e. The van der Waals surface area contributed by atoms with Gasteiger partial charge in [0.05, 0.1) is 17.8 Å². The average molecular weight is 419 g/mol. The van der Waals surface area contributed by atoms with Gasteiger partial charge in [0.1, 0.15) is 0 Å². The van der Waals surface area contributed by atoms with Crippen molar-refractivity contribution in [1.29, 1.82) is 0 Å². The molecule has 0 spiro atoms. The van der Waals surface area contributed by atoms with Crippen molar-refractivity contribution in [3.8, 4) is 11.4 Å². The molecular formula is C18H17N3O5S2. The molecule has 3 aromatic heterocycles. The maximum atomic E-state index is 12.1. The summed E-state index contributed by atoms with van der Waals surface area (Å²) >= 11 is 2.79. The molecule has 0 bridgehead atoms. The van der Waals surface area contributed by atoms with Crippen molar-refractivity contribution in [3.05, 3.63) is 44.6 Å². The minimum atomic E-state index is -0.515. The van der Waals surface area contributed by atoms with Gasteiger partial charge in [-0.1, -0.05) is 5.16 Å². The van der Waals surface area contributed by atoms with Crippen molar-refractivity contribution in [1.82, 2.24) is 15.5 Å². The molecule has 1 N–H and O–H groups in total. The minimum absolute atomic E-state index is 0.0385. The summed E-state index contributed by atoms with van der Waals surface area (Å²) in [6, 6.07) is 5.30. The first-order valence-corrected chi connectivity index (χ1v) is 10.1. The van der Waals surface area contributed by atoms with Crippen LogP contribution >= 0.6 is 22.7 Å². The second-order valence-corrected chi connectivity index (χ2v) is 7.73. The van der Waals surface area contributed by atoms with E-state index in [0.717, 1.165) is 10.4 Å². The lowest BCUT2D eigenvalue weighted by molar-refractivity contribution is -0.142. The molecule has 0 saturated carbocycles. The Balaban J connectivity index is 1.41. The van der Waals surface area contributed by atoms with Crippen LogP contribution < -0.4 is 5.32 Å². The molecule has 0 unspecified atom stereocenters. The number of nitrogens with one attached hydrogen (secondary N) is 1. The number of hydrogen-bond donors (Lipinski definition) is 1. The number of thiophene rings is 2. The van der Waals surface area contributed by atoms with Gasteiger partial charge in [0.15, 0.2) is 6.61 Å². The van der Waals surface area contributed by atoms with Crippen LogP contribution in [0.4, 0.5) is 0 Å². The molecule has 3 aromatic rings. The maximum Gasteiger partial charge on any atom is 0.306 e. The molecule has 1 amide bonds. The molecule has 0 radical (unpaired) electrons. The Morgan fingerprint density at radius 3 is 2.86 bits per heavy atom. The van der Waals surface area contributed by atoms with E-state index in [1.807, 2.05) is 16.8 Å². The topological polar surface area (TPSA) is 111 Å². The lowest BCUT2D eigenvalue weighted by Crippen LogP contribution is -2.18. The van der Waals surface area contributed by atoms with Crippen LogP contribution in [0.5, 0.6) is 0 Å². The normalized spacial score (nSPS) is 10.6. The van der Waals surface area contributed by atoms with Crippen molar-refractivity contribution < 1.29 is 23.6 Å². The molecule has 3 heterocycles. The summed E-state index contributed by atoms with van der Waals surface area (Å²) in [5.41, 5.74) is 0.863. The van der Waals surface area contributed by atoms with Crippen molar-refractivity contribution in [3.63, 3.8) is 0 Å². The average Bonchev–Trinajstić information content (AvgIpc) is 3.43. The standard InChI is InChI=1S/C18H17N3O5S2/c1-11(22)19-8-13-2-3-15(28-13)14(23)9-25-17(24)5-4-16-20-18(21-26-16)12-6-7-27-10-12/h2-3,6-7,10H,4-5,8-9H2,1H3,(H,19,22). The maximum absolute atomic E-state index is 12.1. The van der Waals surface area contributed by atoms with Gasteiger partial charge in [0, 0.05) is 29.2 Å². The highest BCUT2D eigenvalue weighted by atomic mass is 32.1. The molecule has 0 aliphatic rings. The highest BCUT2D eigenvalue weighted by Gasteiger charge is 2.15. The van der Waals surface area contributed by atoms with E-state index < -0.39 is 5.97 Å². The van der Waals surface area contributed by atoms with Crippen molar-refractivity contribution in [2.75, 3.05) is 6.61 Å². The summed E-state index contributed by atoms with van der Waals surface area (Å²) in [6.45, 7) is 1.46. The summed E-state index contributed by atoms with van der Waals surface area (Å²) in [6.07, 6.45) is 0.279. The van der Waals surface area contributed by atoms with E-state index in [4.69, 9.17) is 9.26 Å². The summed E-state index contributed by atoms with van der Waals surface area (Å²) in [5, 5.41) is 10.3. The fraction of sp³-hybridized carbons (Fsp3) is 0.278. The number of nitrogens with zero attached hydrogens (tertiary/aromatic N) is 2. The molecule has 8 nitrogen and oxygen atoms in total. The van der Waals surface area contributed by atoms with Crippen molar-refractivity contribution in [2.45, 2.75) is 26.3 Å². The lowest BCUT2D eigenvalue weighted by Gasteiger charge is -2.02. The molecule has 3 rings (SSSR count). The summed E-state index contributed by atoms with van der Waals surface area (Å²) < 4.78 is 10.1. The number of amides is 1. The number of Topliss-reactive ketones (excluding diaryl/α,β-unsaturated/α-hetero) is 1. The largest absolute Gasteiger partial charge is 0.457 e. The Labute approximate surface area is 168 Å². The summed E-state index contributed by atoms with van der Waals surface area (Å²) in [5.74, 6) is -0.125. The highest BCUT2D eigenvalue weighted by Crippen LogP contribution is 2.19. The fourth-order valence-electron chi connectivity index (χ4n) is 2.20. The van der Waals surface area contributed by atoms with Crippen LogP contribution in [0, 0.1) is 0 Å². The number of hydrogen-bond acceptors (Lipinski definition) is 9. The monoisotopic (exact) mass is 419 g/mol. The van der Waals surface area contributed by atoms with Crippen molar-refractivity contribution >= 4 is 40.3 Å². The third-order valence-corrected chi connectivity index (χ3v) is 5.41. The highest BCUT2D eigenvalue weighted by molar-refractivity contribution is 7.14. The summed E-state index contributed by atoms with van der Waals surface area (Å²) in [7, 11) is 0. The van der Waals surface area contributed by atoms with Gasteiger partial charge in [0.2, 0.25) is 23.4 Å². The lowest BCUT2D eigenvalue weighted by atomic mass is 10.3. The van der Waals surface area contributed by atoms with Crippen LogP contribution in [-0.4, -0.2) is 34.4 Å². The van der Waals surface area contributed by atoms with E-state index in [2.05, 4.69) is 15.5 Å². The van der Waals surface area contributed by atoms with Gasteiger partial charge in [-0.3, -0.25) is 14.4 Å². The third-order valence-electron chi connectivity index (χ3n) is 3.60. The Bertz CT molecular complexity index is 962. The number of ether oxygens (including phenoxy) is 1. The van der Waals surface area contributed by atoms with Crippen LogP contribution in [0.25, 0.3) is 11.4 Å². The fourth-order valence-corrected chi connectivity index (χ4v) is 3.70. The zero-order chi connectivity index (χ0) is 19.9. The predicted molar refractivity (Wildman–Crippen MR) is 103 cm³/mol. The number of aryl methyl sites for hydroxylation is 1. The molecule has 0 saturated heterocycles. The van der Waals surface area contributed by atoms with Crippen molar-refractivity contribution in [2.24, 2.45) is 0 Å². The second kappa shape index (κ2) is 9.38. The van der Waals surface area contributed by atoms with Gasteiger partial charge in [0.25, 0.3) is 0 Å². The van der Waals surface area contributed by atoms with Gasteiger partial charge in [-0.05, 0) is 23.6 Å². The first kappa shape index (κ1) is 19.9. The van der Waals surface area contributed by atoms with Crippen LogP contribution in [0.1, 0.15) is 33.8 Å². The van der Waals surface area contributed by atoms with E-state index in [1.54, 1.807) is 12.1 Å². The first-order valence-electron chi connectivity index (χ1n) is 8.38. The first-order chi connectivity index (χ1) is 13.5. The van der Waals surface area contributed by atoms with Crippen LogP contribution in [0.15, 0.2) is 33.5 Å². The molecule has 0 aliphatic heterocycles. The molecule has 0 aromatic carbocycles. The smallest absolute Gasteiger partial charge is 0.306 e. The molecule has 146 valence electrons. The number of carbonyl (C=O) groups excluding carboxylic acids is 3. The van der Waals surface area contributed by atoms with E-state index in [0.29, 0.717) is 23.1 Å². The number of rotatable bonds is 9. The van der Waals surface area contributed by atoms with E-state index in [-0.39, 0.29) is 31.1 Å². The van der Waals surface area contributed by atoms with E-state index in [9.17, 15) is 14.4 Å². The Kier molecular flexibility index (Phi) is 6.66. The Morgan fingerprint density at radius 1 is 1.25 bits per heavy atom. The molecule has 0 aliphatic carbocycles. The number of esters is 1. The molecular weight excluding hydrogens is 402 g/mol. The number of ketones is 1. The quantitative estimate of drug-likeness (QED) is 0.419. The molecule has 10 heteroatoms. The second-order valence-electron chi connectivity index (χ2n) is 5.78.